The Hall–Kier alpha value is -1.39. The zero-order chi connectivity index (χ0) is 12.4. The van der Waals surface area contributed by atoms with E-state index in [1.165, 1.54) is 16.9 Å². The number of aliphatic hydroxyl groups is 1. The van der Waals surface area contributed by atoms with Crippen LogP contribution in [0.1, 0.15) is 16.1 Å². The van der Waals surface area contributed by atoms with Crippen LogP contribution in [-0.4, -0.2) is 17.1 Å². The average molecular weight is 248 g/mol. The van der Waals surface area contributed by atoms with Crippen molar-refractivity contribution in [3.8, 4) is 0 Å². The van der Waals surface area contributed by atoms with Gasteiger partial charge in [0.25, 0.3) is 0 Å². The molecule has 0 unspecified atom stereocenters. The van der Waals surface area contributed by atoms with Crippen LogP contribution >= 0.6 is 11.3 Å². The molecular formula is C13H16N2OS. The molecule has 0 amide bonds. The number of rotatable bonds is 3. The summed E-state index contributed by atoms with van der Waals surface area (Å²) in [7, 11) is 1.99. The predicted octanol–water partition coefficient (Wildman–Crippen LogP) is 3.02. The van der Waals surface area contributed by atoms with Crippen LogP contribution in [-0.2, 0) is 6.61 Å². The van der Waals surface area contributed by atoms with Crippen molar-refractivity contribution in [2.24, 2.45) is 0 Å². The Bertz CT molecular complexity index is 522. The number of hydrogen-bond donors (Lipinski definition) is 1. The van der Waals surface area contributed by atoms with Crippen molar-refractivity contribution in [1.82, 2.24) is 4.98 Å². The molecule has 4 heteroatoms. The highest BCUT2D eigenvalue weighted by Gasteiger charge is 2.11. The highest BCUT2D eigenvalue weighted by Crippen LogP contribution is 2.30. The fraction of sp³-hybridized carbons (Fsp3) is 0.308. The van der Waals surface area contributed by atoms with Crippen molar-refractivity contribution >= 4 is 22.2 Å². The quantitative estimate of drug-likeness (QED) is 0.907. The summed E-state index contributed by atoms with van der Waals surface area (Å²) in [6, 6.07) is 8.29. The molecule has 2 aromatic rings. The molecule has 0 saturated carbocycles. The van der Waals surface area contributed by atoms with E-state index in [1.807, 2.05) is 24.9 Å². The first-order chi connectivity index (χ1) is 8.11. The smallest absolute Gasteiger partial charge is 0.190 e. The minimum absolute atomic E-state index is 0.0607. The molecule has 90 valence electrons. The predicted molar refractivity (Wildman–Crippen MR) is 72.0 cm³/mol. The van der Waals surface area contributed by atoms with Crippen molar-refractivity contribution in [1.29, 1.82) is 0 Å². The zero-order valence-electron chi connectivity index (χ0n) is 10.3. The van der Waals surface area contributed by atoms with Gasteiger partial charge in [-0.2, -0.15) is 0 Å². The highest BCUT2D eigenvalue weighted by molar-refractivity contribution is 7.15. The molecule has 0 aliphatic rings. The molecule has 1 N–H and O–H groups in total. The Morgan fingerprint density at radius 2 is 2.12 bits per heavy atom. The van der Waals surface area contributed by atoms with Gasteiger partial charge in [0.2, 0.25) is 0 Å². The van der Waals surface area contributed by atoms with E-state index in [1.54, 1.807) is 0 Å². The molecule has 1 aromatic carbocycles. The van der Waals surface area contributed by atoms with Crippen LogP contribution in [0.3, 0.4) is 0 Å². The molecule has 2 rings (SSSR count). The van der Waals surface area contributed by atoms with Crippen LogP contribution < -0.4 is 4.90 Å². The standard InChI is InChI=1S/C13H16N2OS/c1-9-5-4-6-11(7-9)15(3)13-14-10(2)12(8-16)17-13/h4-7,16H,8H2,1-3H3. The Morgan fingerprint density at radius 3 is 2.71 bits per heavy atom. The van der Waals surface area contributed by atoms with E-state index in [-0.39, 0.29) is 6.61 Å². The van der Waals surface area contributed by atoms with Gasteiger partial charge in [-0.1, -0.05) is 23.5 Å². The van der Waals surface area contributed by atoms with Crippen molar-refractivity contribution in [3.05, 3.63) is 40.4 Å². The van der Waals surface area contributed by atoms with E-state index in [9.17, 15) is 5.11 Å². The molecule has 1 aromatic heterocycles. The summed E-state index contributed by atoms with van der Waals surface area (Å²) in [5.41, 5.74) is 3.25. The number of nitrogens with zero attached hydrogens (tertiary/aromatic N) is 2. The number of thiazole rings is 1. The van der Waals surface area contributed by atoms with Crippen LogP contribution in [0.15, 0.2) is 24.3 Å². The van der Waals surface area contributed by atoms with Crippen LogP contribution in [0.25, 0.3) is 0 Å². The average Bonchev–Trinajstić information content (AvgIpc) is 2.69. The lowest BCUT2D eigenvalue weighted by Gasteiger charge is -2.16. The molecule has 17 heavy (non-hydrogen) atoms. The fourth-order valence-electron chi connectivity index (χ4n) is 1.65. The maximum Gasteiger partial charge on any atom is 0.190 e. The van der Waals surface area contributed by atoms with Crippen molar-refractivity contribution in [2.45, 2.75) is 20.5 Å². The van der Waals surface area contributed by atoms with E-state index in [0.717, 1.165) is 21.4 Å². The molecule has 0 aliphatic carbocycles. The second kappa shape index (κ2) is 4.85. The second-order valence-electron chi connectivity index (χ2n) is 4.06. The monoisotopic (exact) mass is 248 g/mol. The Labute approximate surface area is 105 Å². The zero-order valence-corrected chi connectivity index (χ0v) is 11.1. The number of hydrogen-bond acceptors (Lipinski definition) is 4. The molecule has 0 saturated heterocycles. The summed E-state index contributed by atoms with van der Waals surface area (Å²) in [5, 5.41) is 10.1. The first kappa shape index (κ1) is 12.1. The Kier molecular flexibility index (Phi) is 3.45. The van der Waals surface area contributed by atoms with Gasteiger partial charge in [-0.05, 0) is 31.5 Å². The molecule has 3 nitrogen and oxygen atoms in total. The van der Waals surface area contributed by atoms with Crippen molar-refractivity contribution in [2.75, 3.05) is 11.9 Å². The summed E-state index contributed by atoms with van der Waals surface area (Å²) in [4.78, 5) is 7.45. The van der Waals surface area contributed by atoms with Gasteiger partial charge >= 0.3 is 0 Å². The third kappa shape index (κ3) is 2.48. The summed E-state index contributed by atoms with van der Waals surface area (Å²) in [5.74, 6) is 0. The maximum atomic E-state index is 9.18. The van der Waals surface area contributed by atoms with Crippen molar-refractivity contribution in [3.63, 3.8) is 0 Å². The molecule has 0 fully saturated rings. The van der Waals surface area contributed by atoms with Crippen LogP contribution in [0.4, 0.5) is 10.8 Å². The van der Waals surface area contributed by atoms with Gasteiger partial charge in [-0.15, -0.1) is 0 Å². The summed E-state index contributed by atoms with van der Waals surface area (Å²) in [6.07, 6.45) is 0. The molecular weight excluding hydrogens is 232 g/mol. The minimum Gasteiger partial charge on any atom is -0.391 e. The summed E-state index contributed by atoms with van der Waals surface area (Å²) >= 11 is 1.53. The van der Waals surface area contributed by atoms with E-state index in [0.29, 0.717) is 0 Å². The highest BCUT2D eigenvalue weighted by atomic mass is 32.1. The van der Waals surface area contributed by atoms with Gasteiger partial charge in [0, 0.05) is 12.7 Å². The van der Waals surface area contributed by atoms with Crippen LogP contribution in [0.2, 0.25) is 0 Å². The van der Waals surface area contributed by atoms with Gasteiger partial charge in [0.15, 0.2) is 5.13 Å². The third-order valence-corrected chi connectivity index (χ3v) is 3.92. The lowest BCUT2D eigenvalue weighted by atomic mass is 10.2. The van der Waals surface area contributed by atoms with Crippen LogP contribution in [0.5, 0.6) is 0 Å². The number of benzene rings is 1. The largest absolute Gasteiger partial charge is 0.391 e. The maximum absolute atomic E-state index is 9.18. The number of aliphatic hydroxyl groups excluding tert-OH is 1. The van der Waals surface area contributed by atoms with Crippen LogP contribution in [0, 0.1) is 13.8 Å². The number of aromatic nitrogens is 1. The van der Waals surface area contributed by atoms with Gasteiger partial charge in [0.05, 0.1) is 17.2 Å². The molecule has 0 aliphatic heterocycles. The Balaban J connectivity index is 2.33. The minimum atomic E-state index is 0.0607. The molecule has 1 heterocycles. The number of aryl methyl sites for hydroxylation is 2. The van der Waals surface area contributed by atoms with E-state index < -0.39 is 0 Å². The summed E-state index contributed by atoms with van der Waals surface area (Å²) < 4.78 is 0. The summed E-state index contributed by atoms with van der Waals surface area (Å²) in [6.45, 7) is 4.06. The SMILES string of the molecule is Cc1cccc(N(C)c2nc(C)c(CO)s2)c1. The third-order valence-electron chi connectivity index (χ3n) is 2.70. The normalized spacial score (nSPS) is 10.6. The molecule has 0 radical (unpaired) electrons. The fourth-order valence-corrected chi connectivity index (χ4v) is 2.55. The van der Waals surface area contributed by atoms with Crippen molar-refractivity contribution < 1.29 is 5.11 Å². The van der Waals surface area contributed by atoms with E-state index in [2.05, 4.69) is 30.1 Å². The molecule has 0 atom stereocenters. The topological polar surface area (TPSA) is 36.4 Å². The lowest BCUT2D eigenvalue weighted by Crippen LogP contribution is -2.08. The molecule has 0 spiro atoms. The van der Waals surface area contributed by atoms with E-state index >= 15 is 0 Å². The Morgan fingerprint density at radius 1 is 1.35 bits per heavy atom. The van der Waals surface area contributed by atoms with Gasteiger partial charge < -0.3 is 10.0 Å². The first-order valence-electron chi connectivity index (χ1n) is 5.49. The lowest BCUT2D eigenvalue weighted by molar-refractivity contribution is 0.284. The number of anilines is 2. The first-order valence-corrected chi connectivity index (χ1v) is 6.31. The van der Waals surface area contributed by atoms with Gasteiger partial charge in [-0.3, -0.25) is 0 Å². The second-order valence-corrected chi connectivity index (χ2v) is 5.12. The van der Waals surface area contributed by atoms with E-state index in [4.69, 9.17) is 0 Å². The van der Waals surface area contributed by atoms with Gasteiger partial charge in [-0.25, -0.2) is 4.98 Å². The molecule has 0 bridgehead atoms. The van der Waals surface area contributed by atoms with Gasteiger partial charge in [0.1, 0.15) is 0 Å².